The lowest BCUT2D eigenvalue weighted by Crippen LogP contribution is -2.16. The highest BCUT2D eigenvalue weighted by atomic mass is 35.5. The molecule has 0 N–H and O–H groups in total. The molecule has 4 rings (SSSR count). The van der Waals surface area contributed by atoms with E-state index in [2.05, 4.69) is 24.0 Å². The van der Waals surface area contributed by atoms with Crippen LogP contribution < -0.4 is 9.47 Å². The second-order valence-corrected chi connectivity index (χ2v) is 10.2. The highest BCUT2D eigenvalue weighted by Gasteiger charge is 2.21. The van der Waals surface area contributed by atoms with Crippen LogP contribution in [0.2, 0.25) is 5.02 Å². The molecule has 5 nitrogen and oxygen atoms in total. The average molecular weight is 450 g/mol. The first-order chi connectivity index (χ1) is 13.9. The van der Waals surface area contributed by atoms with Crippen LogP contribution >= 0.6 is 22.9 Å². The van der Waals surface area contributed by atoms with Crippen LogP contribution in [0.15, 0.2) is 41.8 Å². The summed E-state index contributed by atoms with van der Waals surface area (Å²) in [6, 6.07) is 11.5. The van der Waals surface area contributed by atoms with Crippen LogP contribution in [0.25, 0.3) is 10.6 Å². The van der Waals surface area contributed by atoms with Crippen LogP contribution in [-0.4, -0.2) is 26.6 Å². The van der Waals surface area contributed by atoms with Crippen LogP contribution in [0.4, 0.5) is 0 Å². The Morgan fingerprint density at radius 2 is 1.83 bits per heavy atom. The molecule has 0 aliphatic carbocycles. The fraction of sp³-hybridized carbons (Fsp3) is 0.286. The number of fused-ring (bicyclic) bond motifs is 1. The minimum atomic E-state index is -3.42. The molecule has 29 heavy (non-hydrogen) atoms. The zero-order chi connectivity index (χ0) is 20.4. The molecule has 0 saturated heterocycles. The van der Waals surface area contributed by atoms with Crippen LogP contribution in [0.5, 0.6) is 11.5 Å². The van der Waals surface area contributed by atoms with Crippen LogP contribution in [0.3, 0.4) is 0 Å². The Labute approximate surface area is 179 Å². The van der Waals surface area contributed by atoms with Gasteiger partial charge in [0.2, 0.25) is 0 Å². The molecule has 0 bridgehead atoms. The molecule has 0 amide bonds. The summed E-state index contributed by atoms with van der Waals surface area (Å²) >= 11 is 7.67. The maximum Gasteiger partial charge on any atom is 0.179 e. The van der Waals surface area contributed by atoms with Gasteiger partial charge in [0.25, 0.3) is 0 Å². The Kier molecular flexibility index (Phi) is 5.81. The molecule has 0 saturated carbocycles. The molecule has 0 radical (unpaired) electrons. The first kappa shape index (κ1) is 20.2. The lowest BCUT2D eigenvalue weighted by Gasteiger charge is -2.20. The lowest BCUT2D eigenvalue weighted by molar-refractivity contribution is 0.171. The van der Waals surface area contributed by atoms with Crippen molar-refractivity contribution in [1.82, 2.24) is 4.98 Å². The quantitative estimate of drug-likeness (QED) is 0.534. The van der Waals surface area contributed by atoms with E-state index in [1.807, 2.05) is 12.1 Å². The van der Waals surface area contributed by atoms with E-state index in [0.717, 1.165) is 17.0 Å². The summed E-state index contributed by atoms with van der Waals surface area (Å²) in [5.41, 5.74) is 3.37. The van der Waals surface area contributed by atoms with Crippen molar-refractivity contribution in [2.24, 2.45) is 0 Å². The Morgan fingerprint density at radius 1 is 1.07 bits per heavy atom. The summed E-state index contributed by atoms with van der Waals surface area (Å²) in [7, 11) is -3.42. The van der Waals surface area contributed by atoms with Crippen LogP contribution in [0, 0.1) is 0 Å². The fourth-order valence-electron chi connectivity index (χ4n) is 3.17. The van der Waals surface area contributed by atoms with E-state index in [-0.39, 0.29) is 11.5 Å². The minimum absolute atomic E-state index is 0.122. The van der Waals surface area contributed by atoms with Crippen molar-refractivity contribution in [3.63, 3.8) is 0 Å². The summed E-state index contributed by atoms with van der Waals surface area (Å²) in [4.78, 5) is 4.52. The van der Waals surface area contributed by atoms with Gasteiger partial charge in [0.05, 0.1) is 22.2 Å². The van der Waals surface area contributed by atoms with Crippen LogP contribution in [0.1, 0.15) is 23.7 Å². The molecule has 2 heterocycles. The number of nitrogens with zero attached hydrogens (tertiary/aromatic N) is 1. The summed E-state index contributed by atoms with van der Waals surface area (Å²) in [6.45, 7) is 2.95. The van der Waals surface area contributed by atoms with Crippen molar-refractivity contribution in [3.8, 4) is 22.1 Å². The molecule has 3 aromatic rings. The molecule has 1 aliphatic heterocycles. The maximum absolute atomic E-state index is 12.7. The lowest BCUT2D eigenvalue weighted by atomic mass is 10.1. The number of thiazole rings is 1. The van der Waals surface area contributed by atoms with Gasteiger partial charge in [-0.1, -0.05) is 42.8 Å². The van der Waals surface area contributed by atoms with Gasteiger partial charge in [-0.25, -0.2) is 13.4 Å². The topological polar surface area (TPSA) is 65.5 Å². The SMILES string of the molecule is CCc1ccc(-c2nc(CS(=O)(=O)Cc3cc(Cl)c4c(c3)OCCO4)cs2)cc1. The summed E-state index contributed by atoms with van der Waals surface area (Å²) < 4.78 is 36.5. The Morgan fingerprint density at radius 3 is 2.59 bits per heavy atom. The molecule has 0 unspecified atom stereocenters. The summed E-state index contributed by atoms with van der Waals surface area (Å²) in [5.74, 6) is 0.696. The maximum atomic E-state index is 12.7. The van der Waals surface area contributed by atoms with E-state index in [0.29, 0.717) is 41.0 Å². The normalized spacial score (nSPS) is 13.4. The predicted octanol–water partition coefficient (Wildman–Crippen LogP) is 4.91. The predicted molar refractivity (Wildman–Crippen MR) is 116 cm³/mol. The largest absolute Gasteiger partial charge is 0.486 e. The zero-order valence-corrected chi connectivity index (χ0v) is 18.2. The third kappa shape index (κ3) is 4.74. The van der Waals surface area contributed by atoms with Gasteiger partial charge in [-0.05, 0) is 29.7 Å². The van der Waals surface area contributed by atoms with Gasteiger partial charge in [-0.15, -0.1) is 11.3 Å². The first-order valence-electron chi connectivity index (χ1n) is 9.25. The Bertz CT molecular complexity index is 1120. The standard InChI is InChI=1S/C21H20ClNO4S2/c1-2-14-3-5-16(6-4-14)21-23-17(11-28-21)13-29(24,25)12-15-9-18(22)20-19(10-15)26-7-8-27-20/h3-6,9-11H,2,7-8,12-13H2,1H3. The molecule has 0 atom stereocenters. The molecule has 2 aromatic carbocycles. The van der Waals surface area contributed by atoms with E-state index >= 15 is 0 Å². The van der Waals surface area contributed by atoms with Crippen LogP contribution in [-0.2, 0) is 27.8 Å². The second-order valence-electron chi connectivity index (χ2n) is 6.83. The number of hydrogen-bond acceptors (Lipinski definition) is 6. The van der Waals surface area contributed by atoms with Gasteiger partial charge in [-0.3, -0.25) is 0 Å². The molecular formula is C21H20ClNO4S2. The molecular weight excluding hydrogens is 430 g/mol. The van der Waals surface area contributed by atoms with Crippen molar-refractivity contribution >= 4 is 32.8 Å². The number of hydrogen-bond donors (Lipinski definition) is 0. The van der Waals surface area contributed by atoms with Gasteiger partial charge in [0.15, 0.2) is 21.3 Å². The Hall–Kier alpha value is -2.09. The molecule has 0 spiro atoms. The third-order valence-corrected chi connectivity index (χ3v) is 7.30. The number of halogens is 1. The molecule has 1 aromatic heterocycles. The molecule has 8 heteroatoms. The second kappa shape index (κ2) is 8.34. The average Bonchev–Trinajstić information content (AvgIpc) is 3.15. The van der Waals surface area contributed by atoms with Crippen molar-refractivity contribution in [3.05, 3.63) is 63.6 Å². The van der Waals surface area contributed by atoms with E-state index in [4.69, 9.17) is 21.1 Å². The fourth-order valence-corrected chi connectivity index (χ4v) is 5.76. The number of aryl methyl sites for hydroxylation is 1. The number of rotatable bonds is 6. The first-order valence-corrected chi connectivity index (χ1v) is 12.3. The monoisotopic (exact) mass is 449 g/mol. The van der Waals surface area contributed by atoms with Crippen molar-refractivity contribution in [1.29, 1.82) is 0 Å². The smallest absolute Gasteiger partial charge is 0.179 e. The summed E-state index contributed by atoms with van der Waals surface area (Å²) in [6.07, 6.45) is 0.978. The summed E-state index contributed by atoms with van der Waals surface area (Å²) in [5, 5.41) is 2.98. The molecule has 1 aliphatic rings. The van der Waals surface area contributed by atoms with Gasteiger partial charge in [-0.2, -0.15) is 0 Å². The zero-order valence-electron chi connectivity index (χ0n) is 15.9. The van der Waals surface area contributed by atoms with E-state index in [1.165, 1.54) is 16.9 Å². The van der Waals surface area contributed by atoms with Gasteiger partial charge in [0.1, 0.15) is 18.2 Å². The van der Waals surface area contributed by atoms with Crippen molar-refractivity contribution in [2.45, 2.75) is 24.9 Å². The van der Waals surface area contributed by atoms with Gasteiger partial charge in [0, 0.05) is 10.9 Å². The van der Waals surface area contributed by atoms with E-state index in [1.54, 1.807) is 17.5 Å². The van der Waals surface area contributed by atoms with E-state index in [9.17, 15) is 8.42 Å². The van der Waals surface area contributed by atoms with Crippen molar-refractivity contribution < 1.29 is 17.9 Å². The highest BCUT2D eigenvalue weighted by Crippen LogP contribution is 2.39. The number of sulfone groups is 1. The van der Waals surface area contributed by atoms with Crippen molar-refractivity contribution in [2.75, 3.05) is 13.2 Å². The van der Waals surface area contributed by atoms with Gasteiger partial charge >= 0.3 is 0 Å². The Balaban J connectivity index is 1.49. The third-order valence-electron chi connectivity index (χ3n) is 4.57. The number of ether oxygens (including phenoxy) is 2. The minimum Gasteiger partial charge on any atom is -0.486 e. The molecule has 0 fully saturated rings. The number of aromatic nitrogens is 1. The van der Waals surface area contributed by atoms with E-state index < -0.39 is 9.84 Å². The highest BCUT2D eigenvalue weighted by molar-refractivity contribution is 7.89. The number of benzene rings is 2. The van der Waals surface area contributed by atoms with Gasteiger partial charge < -0.3 is 9.47 Å². The molecule has 152 valence electrons.